The summed E-state index contributed by atoms with van der Waals surface area (Å²) in [6, 6.07) is 4.90. The van der Waals surface area contributed by atoms with Gasteiger partial charge in [-0.15, -0.1) is 8.42 Å². The van der Waals surface area contributed by atoms with E-state index in [0.29, 0.717) is 16.6 Å². The fraction of sp³-hybridized carbons (Fsp3) is 0.565. The minimum Gasteiger partial charge on any atom is -0.381 e. The third kappa shape index (κ3) is 7.26. The lowest BCUT2D eigenvalue weighted by Gasteiger charge is -2.25. The molecule has 2 aromatic heterocycles. The van der Waals surface area contributed by atoms with Crippen molar-refractivity contribution in [3.8, 4) is 17.3 Å². The largest absolute Gasteiger partial charge is 0.476 e. The summed E-state index contributed by atoms with van der Waals surface area (Å²) in [7, 11) is -3.38. The maximum atomic E-state index is 11.2. The third-order valence-electron chi connectivity index (χ3n) is 6.16. The molecular weight excluding hydrogens is 476 g/mol. The summed E-state index contributed by atoms with van der Waals surface area (Å²) in [5.74, 6) is 2.08. The Bertz CT molecular complexity index is 1150. The van der Waals surface area contributed by atoms with Crippen LogP contribution in [0.5, 0.6) is 0 Å². The Balaban J connectivity index is 1.38. The molecule has 1 saturated carbocycles. The van der Waals surface area contributed by atoms with Gasteiger partial charge >= 0.3 is 16.1 Å². The van der Waals surface area contributed by atoms with E-state index in [1.165, 1.54) is 0 Å². The first-order chi connectivity index (χ1) is 16.4. The number of hydrogen-bond donors (Lipinski definition) is 2. The Morgan fingerprint density at radius 2 is 1.88 bits per heavy atom. The average molecular weight is 506 g/mol. The molecule has 0 spiro atoms. The van der Waals surface area contributed by atoms with E-state index in [2.05, 4.69) is 30.9 Å². The summed E-state index contributed by atoms with van der Waals surface area (Å²) in [5.41, 5.74) is 1.45. The minimum absolute atomic E-state index is 0.0631. The summed E-state index contributed by atoms with van der Waals surface area (Å²) in [6.07, 6.45) is 11.6. The molecule has 0 atom stereocenters. The quantitative estimate of drug-likeness (QED) is 0.598. The summed E-state index contributed by atoms with van der Waals surface area (Å²) >= 11 is 6.46. The molecule has 0 unspecified atom stereocenters. The number of anilines is 2. The Kier molecular flexibility index (Phi) is 8.19. The Hall–Kier alpha value is -2.48. The lowest BCUT2D eigenvalue weighted by Crippen LogP contribution is -2.26. The normalized spacial score (nSPS) is 21.4. The molecule has 0 radical (unpaired) electrons. The second-order valence-corrected chi connectivity index (χ2v) is 11.0. The molecule has 0 amide bonds. The van der Waals surface area contributed by atoms with Crippen LogP contribution in [-0.4, -0.2) is 55.4 Å². The molecule has 1 aliphatic carbocycles. The van der Waals surface area contributed by atoms with Crippen LogP contribution in [0.1, 0.15) is 38.5 Å². The van der Waals surface area contributed by atoms with Crippen molar-refractivity contribution in [1.29, 1.82) is 0 Å². The van der Waals surface area contributed by atoms with Crippen molar-refractivity contribution in [3.63, 3.8) is 0 Å². The number of pyridine rings is 1. The van der Waals surface area contributed by atoms with Crippen molar-refractivity contribution >= 4 is 33.3 Å². The molecule has 2 fully saturated rings. The highest BCUT2D eigenvalue weighted by molar-refractivity contribution is 7.92. The number of sulfonamides is 1. The lowest BCUT2D eigenvalue weighted by atomic mass is 9.87. The van der Waals surface area contributed by atoms with Gasteiger partial charge in [0.25, 0.3) is 0 Å². The molecule has 0 bridgehead atoms. The van der Waals surface area contributed by atoms with E-state index in [-0.39, 0.29) is 12.0 Å². The van der Waals surface area contributed by atoms with Gasteiger partial charge in [-0.1, -0.05) is 11.6 Å². The molecule has 3 heterocycles. The summed E-state index contributed by atoms with van der Waals surface area (Å²) in [6.45, 7) is 2.47. The molecule has 1 aliphatic heterocycles. The topological polar surface area (TPSA) is 110 Å². The summed E-state index contributed by atoms with van der Waals surface area (Å²) in [4.78, 5) is 13.5. The molecule has 2 aromatic rings. The summed E-state index contributed by atoms with van der Waals surface area (Å²) < 4.78 is 31.4. The van der Waals surface area contributed by atoms with Crippen LogP contribution in [0.4, 0.5) is 11.6 Å². The van der Waals surface area contributed by atoms with E-state index >= 15 is 0 Å². The molecule has 2 N–H and O–H groups in total. The molecule has 4 rings (SSSR count). The maximum Gasteiger partial charge on any atom is 0.476 e. The number of ether oxygens (including phenoxy) is 1. The number of hydrogen-bond acceptors (Lipinski definition) is 8. The Labute approximate surface area is 205 Å². The van der Waals surface area contributed by atoms with Crippen molar-refractivity contribution in [2.45, 2.75) is 44.6 Å². The second kappa shape index (κ2) is 11.3. The van der Waals surface area contributed by atoms with Gasteiger partial charge in [0.05, 0.1) is 33.3 Å². The molecule has 182 valence electrons. The zero-order valence-electron chi connectivity index (χ0n) is 19.2. The second-order valence-electron chi connectivity index (χ2n) is 8.92. The number of aromatic nitrogens is 3. The number of nitrogens with one attached hydrogen (secondary N) is 2. The lowest BCUT2D eigenvalue weighted by molar-refractivity contribution is 0.0699. The van der Waals surface area contributed by atoms with Crippen LogP contribution in [0.15, 0.2) is 24.7 Å². The van der Waals surface area contributed by atoms with Crippen LogP contribution in [0.25, 0.3) is 15.5 Å². The van der Waals surface area contributed by atoms with Gasteiger partial charge in [0.15, 0.2) is 0 Å². The Morgan fingerprint density at radius 1 is 1.12 bits per heavy atom. The monoisotopic (exact) mass is 505 g/mol. The van der Waals surface area contributed by atoms with Crippen LogP contribution in [-0.2, 0) is 14.8 Å². The SMILES string of the molecule is CS(=O)(=O)[N+]#CC1CCC(Nc2cc(-c3cncc(NCC4CCOCC4)n3)c(Cl)cn2)CC1. The van der Waals surface area contributed by atoms with Crippen LogP contribution >= 0.6 is 11.6 Å². The van der Waals surface area contributed by atoms with Crippen LogP contribution in [0, 0.1) is 17.9 Å². The van der Waals surface area contributed by atoms with Crippen LogP contribution in [0.2, 0.25) is 5.02 Å². The number of rotatable bonds is 6. The van der Waals surface area contributed by atoms with Gasteiger partial charge in [0, 0.05) is 37.6 Å². The first-order valence-electron chi connectivity index (χ1n) is 11.6. The fourth-order valence-electron chi connectivity index (χ4n) is 4.24. The molecule has 34 heavy (non-hydrogen) atoms. The predicted molar refractivity (Wildman–Crippen MR) is 134 cm³/mol. The number of nitrogens with zero attached hydrogens (tertiary/aromatic N) is 4. The first kappa shape index (κ1) is 24.6. The molecule has 1 saturated heterocycles. The maximum absolute atomic E-state index is 11.2. The highest BCUT2D eigenvalue weighted by atomic mass is 35.5. The third-order valence-corrected chi connectivity index (χ3v) is 6.90. The minimum atomic E-state index is -3.38. The highest BCUT2D eigenvalue weighted by Gasteiger charge is 2.25. The van der Waals surface area contributed by atoms with Gasteiger partial charge in [-0.3, -0.25) is 4.98 Å². The fourth-order valence-corrected chi connectivity index (χ4v) is 4.78. The van der Waals surface area contributed by atoms with Gasteiger partial charge in [-0.05, 0) is 50.5 Å². The Morgan fingerprint density at radius 3 is 2.62 bits per heavy atom. The zero-order valence-corrected chi connectivity index (χ0v) is 20.8. The first-order valence-corrected chi connectivity index (χ1v) is 13.8. The van der Waals surface area contributed by atoms with E-state index in [4.69, 9.17) is 21.3 Å². The van der Waals surface area contributed by atoms with Crippen molar-refractivity contribution < 1.29 is 13.2 Å². The van der Waals surface area contributed by atoms with E-state index in [1.807, 2.05) is 6.07 Å². The van der Waals surface area contributed by atoms with Gasteiger partial charge in [-0.25, -0.2) is 9.97 Å². The van der Waals surface area contributed by atoms with Crippen LogP contribution in [0.3, 0.4) is 0 Å². The summed E-state index contributed by atoms with van der Waals surface area (Å²) in [5, 5.41) is 7.38. The van der Waals surface area contributed by atoms with Crippen molar-refractivity contribution in [2.75, 3.05) is 36.6 Å². The smallest absolute Gasteiger partial charge is 0.381 e. The van der Waals surface area contributed by atoms with Crippen molar-refractivity contribution in [3.05, 3.63) is 33.9 Å². The van der Waals surface area contributed by atoms with Gasteiger partial charge in [0.1, 0.15) is 17.9 Å². The standard InChI is InChI=1S/C23H30ClN6O3S/c1-34(31,32)28-12-16-2-4-18(5-3-16)29-22-10-19(20(24)13-27-22)21-14-25-15-23(30-21)26-11-17-6-8-33-9-7-17/h10,13-18H,2-9,11H2,1H3,(H,26,30)(H,27,29)/q+1. The van der Waals surface area contributed by atoms with E-state index < -0.39 is 10.0 Å². The van der Waals surface area contributed by atoms with Gasteiger partial charge in [0.2, 0.25) is 0 Å². The molecular formula is C23H30ClN6O3S+. The molecule has 9 nitrogen and oxygen atoms in total. The predicted octanol–water partition coefficient (Wildman–Crippen LogP) is 4.29. The van der Waals surface area contributed by atoms with Crippen molar-refractivity contribution in [2.24, 2.45) is 11.8 Å². The van der Waals surface area contributed by atoms with Crippen LogP contribution < -0.4 is 10.6 Å². The van der Waals surface area contributed by atoms with Gasteiger partial charge in [-0.2, -0.15) is 0 Å². The molecule has 2 aliphatic rings. The molecule has 11 heteroatoms. The zero-order chi connectivity index (χ0) is 24.0. The highest BCUT2D eigenvalue weighted by Crippen LogP contribution is 2.31. The van der Waals surface area contributed by atoms with Gasteiger partial charge < -0.3 is 15.4 Å². The number of halogens is 1. The average Bonchev–Trinajstić information content (AvgIpc) is 2.84. The van der Waals surface area contributed by atoms with E-state index in [0.717, 1.165) is 81.7 Å². The molecule has 0 aromatic carbocycles. The van der Waals surface area contributed by atoms with E-state index in [1.54, 1.807) is 18.6 Å². The van der Waals surface area contributed by atoms with Crippen molar-refractivity contribution in [1.82, 2.24) is 15.0 Å². The van der Waals surface area contributed by atoms with E-state index in [9.17, 15) is 8.42 Å².